The van der Waals surface area contributed by atoms with E-state index in [1.807, 2.05) is 56.3 Å². The molecule has 0 aliphatic rings. The number of fused-ring (bicyclic) bond motifs is 1. The number of rotatable bonds is 1. The van der Waals surface area contributed by atoms with Crippen molar-refractivity contribution in [3.05, 3.63) is 70.0 Å². The fourth-order valence-electron chi connectivity index (χ4n) is 2.62. The van der Waals surface area contributed by atoms with Gasteiger partial charge < -0.3 is 5.11 Å². The monoisotopic (exact) mass is 265 g/mol. The molecule has 2 aromatic carbocycles. The molecule has 0 saturated carbocycles. The summed E-state index contributed by atoms with van der Waals surface area (Å²) in [5, 5.41) is 11.9. The van der Waals surface area contributed by atoms with Gasteiger partial charge in [0.1, 0.15) is 0 Å². The first-order valence-corrected chi connectivity index (χ1v) is 6.50. The lowest BCUT2D eigenvalue weighted by molar-refractivity contribution is 0.442. The maximum Gasteiger partial charge on any atom is 0.258 e. The number of para-hydroxylation sites is 1. The molecule has 3 rings (SSSR count). The minimum atomic E-state index is -0.224. The Bertz CT molecular complexity index is 842. The van der Waals surface area contributed by atoms with Gasteiger partial charge in [-0.2, -0.15) is 0 Å². The van der Waals surface area contributed by atoms with Crippen LogP contribution in [0, 0.1) is 13.8 Å². The van der Waals surface area contributed by atoms with Crippen LogP contribution in [-0.4, -0.2) is 9.67 Å². The second kappa shape index (κ2) is 4.53. The van der Waals surface area contributed by atoms with Crippen molar-refractivity contribution in [2.24, 2.45) is 0 Å². The van der Waals surface area contributed by atoms with Gasteiger partial charge in [0.2, 0.25) is 5.88 Å². The lowest BCUT2D eigenvalue weighted by Gasteiger charge is -2.15. The van der Waals surface area contributed by atoms with Crippen molar-refractivity contribution in [3.63, 3.8) is 0 Å². The standard InChI is InChI=1S/C17H15NO2/c1-11-6-5-7-12(2)16(11)18-15(19)10-13-8-3-4-9-14(13)17(18)20/h3-10,20H,1-2H3. The summed E-state index contributed by atoms with van der Waals surface area (Å²) in [4.78, 5) is 12.4. The summed E-state index contributed by atoms with van der Waals surface area (Å²) in [7, 11) is 0. The highest BCUT2D eigenvalue weighted by molar-refractivity contribution is 5.87. The van der Waals surface area contributed by atoms with Gasteiger partial charge in [0.15, 0.2) is 0 Å². The molecule has 0 aliphatic carbocycles. The number of aromatic nitrogens is 1. The van der Waals surface area contributed by atoms with Crippen molar-refractivity contribution in [3.8, 4) is 11.6 Å². The number of hydrogen-bond donors (Lipinski definition) is 1. The third-order valence-electron chi connectivity index (χ3n) is 3.58. The Hall–Kier alpha value is -2.55. The Morgan fingerprint density at radius 2 is 1.60 bits per heavy atom. The molecule has 0 fully saturated rings. The predicted molar refractivity (Wildman–Crippen MR) is 80.7 cm³/mol. The number of benzene rings is 2. The van der Waals surface area contributed by atoms with E-state index in [0.717, 1.165) is 22.2 Å². The van der Waals surface area contributed by atoms with Crippen molar-refractivity contribution in [1.82, 2.24) is 4.57 Å². The van der Waals surface area contributed by atoms with Gasteiger partial charge in [0.05, 0.1) is 5.69 Å². The van der Waals surface area contributed by atoms with Gasteiger partial charge in [-0.1, -0.05) is 36.4 Å². The second-order valence-electron chi connectivity index (χ2n) is 4.97. The van der Waals surface area contributed by atoms with Crippen LogP contribution in [-0.2, 0) is 0 Å². The summed E-state index contributed by atoms with van der Waals surface area (Å²) in [6.07, 6.45) is 0. The zero-order chi connectivity index (χ0) is 14.3. The molecule has 0 aliphatic heterocycles. The summed E-state index contributed by atoms with van der Waals surface area (Å²) in [6.45, 7) is 3.87. The van der Waals surface area contributed by atoms with Gasteiger partial charge in [-0.05, 0) is 36.4 Å². The fraction of sp³-hybridized carbons (Fsp3) is 0.118. The molecule has 1 aromatic heterocycles. The number of hydrogen-bond acceptors (Lipinski definition) is 2. The SMILES string of the molecule is Cc1cccc(C)c1-n1c(O)c2ccccc2cc1=O. The van der Waals surface area contributed by atoms with Crippen molar-refractivity contribution < 1.29 is 5.11 Å². The van der Waals surface area contributed by atoms with Crippen molar-refractivity contribution in [2.75, 3.05) is 0 Å². The number of pyridine rings is 1. The summed E-state index contributed by atoms with van der Waals surface area (Å²) in [6, 6.07) is 14.7. The third kappa shape index (κ3) is 1.79. The summed E-state index contributed by atoms with van der Waals surface area (Å²) in [5.74, 6) is -0.00880. The van der Waals surface area contributed by atoms with Gasteiger partial charge in [-0.25, -0.2) is 4.57 Å². The highest BCUT2D eigenvalue weighted by atomic mass is 16.3. The first-order valence-electron chi connectivity index (χ1n) is 6.50. The maximum absolute atomic E-state index is 12.4. The Morgan fingerprint density at radius 1 is 0.950 bits per heavy atom. The molecule has 3 nitrogen and oxygen atoms in total. The van der Waals surface area contributed by atoms with Crippen molar-refractivity contribution in [2.45, 2.75) is 13.8 Å². The van der Waals surface area contributed by atoms with E-state index < -0.39 is 0 Å². The van der Waals surface area contributed by atoms with E-state index in [0.29, 0.717) is 5.39 Å². The Kier molecular flexibility index (Phi) is 2.83. The smallest absolute Gasteiger partial charge is 0.258 e. The molecule has 100 valence electrons. The molecule has 0 unspecified atom stereocenters. The Balaban J connectivity index is 2.46. The molecular formula is C17H15NO2. The van der Waals surface area contributed by atoms with Crippen LogP contribution in [0.4, 0.5) is 0 Å². The third-order valence-corrected chi connectivity index (χ3v) is 3.58. The largest absolute Gasteiger partial charge is 0.494 e. The Morgan fingerprint density at radius 3 is 2.30 bits per heavy atom. The van der Waals surface area contributed by atoms with Crippen LogP contribution in [0.5, 0.6) is 5.88 Å². The second-order valence-corrected chi connectivity index (χ2v) is 4.97. The van der Waals surface area contributed by atoms with Crippen LogP contribution >= 0.6 is 0 Å². The molecular weight excluding hydrogens is 250 g/mol. The van der Waals surface area contributed by atoms with Gasteiger partial charge in [0, 0.05) is 11.5 Å². The van der Waals surface area contributed by atoms with E-state index >= 15 is 0 Å². The molecule has 3 heteroatoms. The van der Waals surface area contributed by atoms with E-state index in [9.17, 15) is 9.90 Å². The number of aryl methyl sites for hydroxylation is 2. The van der Waals surface area contributed by atoms with Crippen molar-refractivity contribution >= 4 is 10.8 Å². The minimum Gasteiger partial charge on any atom is -0.494 e. The van der Waals surface area contributed by atoms with Gasteiger partial charge in [0.25, 0.3) is 5.56 Å². The zero-order valence-electron chi connectivity index (χ0n) is 11.4. The molecule has 0 radical (unpaired) electrons. The van der Waals surface area contributed by atoms with Crippen LogP contribution in [0.25, 0.3) is 16.5 Å². The molecule has 0 saturated heterocycles. The summed E-state index contributed by atoms with van der Waals surface area (Å²) < 4.78 is 1.38. The van der Waals surface area contributed by atoms with Gasteiger partial charge >= 0.3 is 0 Å². The van der Waals surface area contributed by atoms with E-state index in [1.54, 1.807) is 6.07 Å². The lowest BCUT2D eigenvalue weighted by atomic mass is 10.1. The fourth-order valence-corrected chi connectivity index (χ4v) is 2.62. The van der Waals surface area contributed by atoms with E-state index in [-0.39, 0.29) is 11.4 Å². The van der Waals surface area contributed by atoms with Crippen LogP contribution in [0.2, 0.25) is 0 Å². The molecule has 0 amide bonds. The molecule has 1 heterocycles. The van der Waals surface area contributed by atoms with Gasteiger partial charge in [-0.3, -0.25) is 4.79 Å². The normalized spacial score (nSPS) is 10.9. The Labute approximate surface area is 116 Å². The quantitative estimate of drug-likeness (QED) is 0.733. The van der Waals surface area contributed by atoms with Crippen LogP contribution in [0.1, 0.15) is 11.1 Å². The van der Waals surface area contributed by atoms with Crippen LogP contribution < -0.4 is 5.56 Å². The number of nitrogens with zero attached hydrogens (tertiary/aromatic N) is 1. The van der Waals surface area contributed by atoms with Crippen LogP contribution in [0.3, 0.4) is 0 Å². The molecule has 1 N–H and O–H groups in total. The first-order chi connectivity index (χ1) is 9.59. The molecule has 0 spiro atoms. The molecule has 0 bridgehead atoms. The average molecular weight is 265 g/mol. The lowest BCUT2D eigenvalue weighted by Crippen LogP contribution is -2.19. The highest BCUT2D eigenvalue weighted by Gasteiger charge is 2.13. The summed E-state index contributed by atoms with van der Waals surface area (Å²) in [5.41, 5.74) is 2.44. The summed E-state index contributed by atoms with van der Waals surface area (Å²) >= 11 is 0. The maximum atomic E-state index is 12.4. The number of aromatic hydroxyl groups is 1. The van der Waals surface area contributed by atoms with E-state index in [1.165, 1.54) is 4.57 Å². The average Bonchev–Trinajstić information content (AvgIpc) is 2.42. The highest BCUT2D eigenvalue weighted by Crippen LogP contribution is 2.27. The minimum absolute atomic E-state index is 0.00880. The predicted octanol–water partition coefficient (Wildman–Crippen LogP) is 3.31. The van der Waals surface area contributed by atoms with E-state index in [4.69, 9.17) is 0 Å². The van der Waals surface area contributed by atoms with Crippen LogP contribution in [0.15, 0.2) is 53.3 Å². The van der Waals surface area contributed by atoms with E-state index in [2.05, 4.69) is 0 Å². The molecule has 20 heavy (non-hydrogen) atoms. The molecule has 3 aromatic rings. The topological polar surface area (TPSA) is 42.2 Å². The van der Waals surface area contributed by atoms with Crippen molar-refractivity contribution in [1.29, 1.82) is 0 Å². The molecule has 0 atom stereocenters. The first kappa shape index (κ1) is 12.5. The zero-order valence-corrected chi connectivity index (χ0v) is 11.4. The van der Waals surface area contributed by atoms with Gasteiger partial charge in [-0.15, -0.1) is 0 Å².